The van der Waals surface area contributed by atoms with Gasteiger partial charge in [-0.15, -0.1) is 11.3 Å². The zero-order valence-corrected chi connectivity index (χ0v) is 12.2. The van der Waals surface area contributed by atoms with E-state index in [2.05, 4.69) is 12.2 Å². The number of benzene rings is 1. The molecule has 3 nitrogen and oxygen atoms in total. The summed E-state index contributed by atoms with van der Waals surface area (Å²) in [6.45, 7) is 4.05. The van der Waals surface area contributed by atoms with E-state index in [4.69, 9.17) is 11.6 Å². The molecule has 1 heterocycles. The molecule has 1 amide bonds. The Bertz CT molecular complexity index is 622. The summed E-state index contributed by atoms with van der Waals surface area (Å²) in [7, 11) is 0. The van der Waals surface area contributed by atoms with Gasteiger partial charge in [-0.3, -0.25) is 4.79 Å². The number of halogens is 1. The van der Waals surface area contributed by atoms with Crippen LogP contribution in [-0.4, -0.2) is 11.0 Å². The Balaban J connectivity index is 2.22. The maximum Gasteiger partial charge on any atom is 0.265 e. The average Bonchev–Trinajstić information content (AvgIpc) is 2.75. The van der Waals surface area contributed by atoms with Crippen LogP contribution in [0.3, 0.4) is 0 Å². The van der Waals surface area contributed by atoms with Gasteiger partial charge >= 0.3 is 0 Å². The Morgan fingerprint density at radius 2 is 2.16 bits per heavy atom. The second-order valence-corrected chi connectivity index (χ2v) is 5.85. The van der Waals surface area contributed by atoms with Crippen molar-refractivity contribution in [2.45, 2.75) is 20.3 Å². The predicted octanol–water partition coefficient (Wildman–Crippen LogP) is 4.23. The van der Waals surface area contributed by atoms with Gasteiger partial charge in [-0.25, -0.2) is 0 Å². The molecule has 0 bridgehead atoms. The summed E-state index contributed by atoms with van der Waals surface area (Å²) in [5.74, 6) is -0.230. The minimum atomic E-state index is -0.231. The van der Waals surface area contributed by atoms with Gasteiger partial charge in [0.05, 0.1) is 10.6 Å². The molecule has 2 N–H and O–H groups in total. The number of hydrogen-bond acceptors (Lipinski definition) is 3. The molecule has 2 rings (SSSR count). The van der Waals surface area contributed by atoms with E-state index in [0.717, 1.165) is 11.3 Å². The van der Waals surface area contributed by atoms with Crippen LogP contribution < -0.4 is 5.32 Å². The first-order chi connectivity index (χ1) is 9.01. The van der Waals surface area contributed by atoms with Gasteiger partial charge in [-0.1, -0.05) is 18.5 Å². The number of rotatable bonds is 3. The lowest BCUT2D eigenvalue weighted by atomic mass is 10.2. The van der Waals surface area contributed by atoms with Gasteiger partial charge < -0.3 is 10.4 Å². The third kappa shape index (κ3) is 3.08. The summed E-state index contributed by atoms with van der Waals surface area (Å²) in [6, 6.07) is 6.43. The van der Waals surface area contributed by atoms with Crippen molar-refractivity contribution in [3.05, 3.63) is 44.6 Å². The molecule has 0 aliphatic rings. The van der Waals surface area contributed by atoms with Crippen molar-refractivity contribution >= 4 is 34.5 Å². The molecule has 0 unspecified atom stereocenters. The second kappa shape index (κ2) is 5.63. The van der Waals surface area contributed by atoms with Crippen molar-refractivity contribution in [2.24, 2.45) is 0 Å². The zero-order valence-electron chi connectivity index (χ0n) is 10.7. The Kier molecular flexibility index (Phi) is 4.12. The van der Waals surface area contributed by atoms with Crippen molar-refractivity contribution in [3.63, 3.8) is 0 Å². The molecule has 5 heteroatoms. The van der Waals surface area contributed by atoms with E-state index in [9.17, 15) is 9.90 Å². The topological polar surface area (TPSA) is 49.3 Å². The van der Waals surface area contributed by atoms with Gasteiger partial charge in [-0.2, -0.15) is 0 Å². The second-order valence-electron chi connectivity index (χ2n) is 4.16. The van der Waals surface area contributed by atoms with E-state index in [1.54, 1.807) is 6.07 Å². The fourth-order valence-corrected chi connectivity index (χ4v) is 2.96. The number of carbonyl (C=O) groups excluding carboxylic acids is 1. The molecule has 0 spiro atoms. The van der Waals surface area contributed by atoms with Crippen molar-refractivity contribution in [1.82, 2.24) is 0 Å². The maximum atomic E-state index is 12.1. The molecular weight excluding hydrogens is 282 g/mol. The molecule has 1 aromatic heterocycles. The number of carbonyl (C=O) groups is 1. The number of aryl methyl sites for hydroxylation is 2. The van der Waals surface area contributed by atoms with Crippen LogP contribution in [0.2, 0.25) is 5.02 Å². The first kappa shape index (κ1) is 13.9. The number of aromatic hydroxyl groups is 1. The third-order valence-corrected chi connectivity index (χ3v) is 4.16. The van der Waals surface area contributed by atoms with E-state index in [1.807, 2.05) is 13.0 Å². The Morgan fingerprint density at radius 3 is 2.79 bits per heavy atom. The highest BCUT2D eigenvalue weighted by Crippen LogP contribution is 2.28. The monoisotopic (exact) mass is 295 g/mol. The third-order valence-electron chi connectivity index (χ3n) is 2.83. The molecular formula is C14H14ClNO2S. The summed E-state index contributed by atoms with van der Waals surface area (Å²) >= 11 is 7.29. The quantitative estimate of drug-likeness (QED) is 0.833. The number of nitrogens with one attached hydrogen (secondary N) is 1. The highest BCUT2D eigenvalue weighted by molar-refractivity contribution is 7.14. The average molecular weight is 296 g/mol. The molecule has 19 heavy (non-hydrogen) atoms. The Morgan fingerprint density at radius 1 is 1.42 bits per heavy atom. The number of amides is 1. The van der Waals surface area contributed by atoms with Crippen molar-refractivity contribution in [3.8, 4) is 5.75 Å². The summed E-state index contributed by atoms with van der Waals surface area (Å²) in [4.78, 5) is 13.9. The van der Waals surface area contributed by atoms with Gasteiger partial charge in [0.2, 0.25) is 0 Å². The van der Waals surface area contributed by atoms with Crippen LogP contribution in [0.25, 0.3) is 0 Å². The van der Waals surface area contributed by atoms with Crippen molar-refractivity contribution in [2.75, 3.05) is 5.32 Å². The number of phenols is 1. The van der Waals surface area contributed by atoms with Crippen LogP contribution in [0, 0.1) is 6.92 Å². The fourth-order valence-electron chi connectivity index (χ4n) is 1.78. The van der Waals surface area contributed by atoms with Crippen LogP contribution in [0.4, 0.5) is 5.69 Å². The SMILES string of the molecule is CCc1cc(C(=O)Nc2cc(Cl)ccc2O)sc1C. The summed E-state index contributed by atoms with van der Waals surface area (Å²) in [5.41, 5.74) is 1.49. The number of hydrogen-bond donors (Lipinski definition) is 2. The van der Waals surface area contributed by atoms with Gasteiger partial charge in [0, 0.05) is 9.90 Å². The van der Waals surface area contributed by atoms with E-state index >= 15 is 0 Å². The lowest BCUT2D eigenvalue weighted by molar-refractivity contribution is 0.103. The highest BCUT2D eigenvalue weighted by atomic mass is 35.5. The maximum absolute atomic E-state index is 12.1. The fraction of sp³-hybridized carbons (Fsp3) is 0.214. The van der Waals surface area contributed by atoms with Gasteiger partial charge in [0.15, 0.2) is 0 Å². The number of anilines is 1. The first-order valence-corrected chi connectivity index (χ1v) is 7.10. The van der Waals surface area contributed by atoms with Gasteiger partial charge in [0.25, 0.3) is 5.91 Å². The Hall–Kier alpha value is -1.52. The van der Waals surface area contributed by atoms with Crippen LogP contribution in [0.5, 0.6) is 5.75 Å². The smallest absolute Gasteiger partial charge is 0.265 e. The number of phenolic OH excluding ortho intramolecular Hbond substituents is 1. The molecule has 0 atom stereocenters. The lowest BCUT2D eigenvalue weighted by Crippen LogP contribution is -2.10. The molecule has 0 aliphatic heterocycles. The summed E-state index contributed by atoms with van der Waals surface area (Å²) < 4.78 is 0. The minimum Gasteiger partial charge on any atom is -0.506 e. The minimum absolute atomic E-state index is 0.00161. The van der Waals surface area contributed by atoms with Crippen molar-refractivity contribution < 1.29 is 9.90 Å². The molecule has 1 aromatic carbocycles. The predicted molar refractivity (Wildman–Crippen MR) is 79.5 cm³/mol. The van der Waals surface area contributed by atoms with Crippen LogP contribution in [-0.2, 0) is 6.42 Å². The van der Waals surface area contributed by atoms with E-state index in [-0.39, 0.29) is 11.7 Å². The van der Waals surface area contributed by atoms with E-state index < -0.39 is 0 Å². The number of thiophene rings is 1. The summed E-state index contributed by atoms with van der Waals surface area (Å²) in [5, 5.41) is 12.8. The summed E-state index contributed by atoms with van der Waals surface area (Å²) in [6.07, 6.45) is 0.901. The molecule has 2 aromatic rings. The molecule has 0 aliphatic carbocycles. The highest BCUT2D eigenvalue weighted by Gasteiger charge is 2.13. The van der Waals surface area contributed by atoms with E-state index in [1.165, 1.54) is 29.0 Å². The van der Waals surface area contributed by atoms with Crippen molar-refractivity contribution in [1.29, 1.82) is 0 Å². The first-order valence-electron chi connectivity index (χ1n) is 5.90. The van der Waals surface area contributed by atoms with Gasteiger partial charge in [0.1, 0.15) is 5.75 Å². The molecule has 0 saturated heterocycles. The Labute approximate surface area is 120 Å². The standard InChI is InChI=1S/C14H14ClNO2S/c1-3-9-6-13(19-8(9)2)14(18)16-11-7-10(15)4-5-12(11)17/h4-7,17H,3H2,1-2H3,(H,16,18). The molecule has 100 valence electrons. The molecule has 0 saturated carbocycles. The van der Waals surface area contributed by atoms with Crippen LogP contribution >= 0.6 is 22.9 Å². The zero-order chi connectivity index (χ0) is 14.0. The van der Waals surface area contributed by atoms with Crippen LogP contribution in [0.15, 0.2) is 24.3 Å². The largest absolute Gasteiger partial charge is 0.506 e. The molecule has 0 radical (unpaired) electrons. The van der Waals surface area contributed by atoms with E-state index in [0.29, 0.717) is 15.6 Å². The van der Waals surface area contributed by atoms with Gasteiger partial charge in [-0.05, 0) is 43.2 Å². The lowest BCUT2D eigenvalue weighted by Gasteiger charge is -2.06. The van der Waals surface area contributed by atoms with Crippen LogP contribution in [0.1, 0.15) is 27.0 Å². The molecule has 0 fully saturated rings. The normalized spacial score (nSPS) is 10.5.